The lowest BCUT2D eigenvalue weighted by atomic mass is 10.3. The van der Waals surface area contributed by atoms with Crippen LogP contribution in [0.25, 0.3) is 0 Å². The number of oxime groups is 1. The van der Waals surface area contributed by atoms with Crippen molar-refractivity contribution in [2.75, 3.05) is 6.61 Å². The van der Waals surface area contributed by atoms with Gasteiger partial charge in [0, 0.05) is 0 Å². The van der Waals surface area contributed by atoms with Crippen LogP contribution < -0.4 is 0 Å². The first-order chi connectivity index (χ1) is 5.61. The van der Waals surface area contributed by atoms with Gasteiger partial charge in [-0.25, -0.2) is 8.78 Å². The maximum Gasteiger partial charge on any atom is 0.311 e. The Bertz CT molecular complexity index is 182. The smallest absolute Gasteiger partial charge is 0.311 e. The summed E-state index contributed by atoms with van der Waals surface area (Å²) in [5.41, 5.74) is -0.881. The van der Waals surface area contributed by atoms with E-state index in [2.05, 4.69) is 9.89 Å². The Kier molecular flexibility index (Phi) is 4.91. The SMILES string of the molecule is CCOC(=O)CC(=NO)C(F)F. The molecular weight excluding hydrogens is 172 g/mol. The van der Waals surface area contributed by atoms with Crippen LogP contribution in [0.2, 0.25) is 0 Å². The van der Waals surface area contributed by atoms with Gasteiger partial charge >= 0.3 is 5.97 Å². The van der Waals surface area contributed by atoms with Gasteiger partial charge in [-0.2, -0.15) is 0 Å². The number of halogens is 2. The van der Waals surface area contributed by atoms with E-state index < -0.39 is 24.5 Å². The molecule has 0 saturated heterocycles. The third kappa shape index (κ3) is 3.85. The Hall–Kier alpha value is -1.20. The maximum absolute atomic E-state index is 11.8. The van der Waals surface area contributed by atoms with E-state index in [0.29, 0.717) is 0 Å². The summed E-state index contributed by atoms with van der Waals surface area (Å²) in [6, 6.07) is 0. The summed E-state index contributed by atoms with van der Waals surface area (Å²) in [6.07, 6.45) is -3.61. The Labute approximate surface area is 67.8 Å². The summed E-state index contributed by atoms with van der Waals surface area (Å²) in [4.78, 5) is 10.6. The monoisotopic (exact) mass is 181 g/mol. The zero-order chi connectivity index (χ0) is 9.56. The van der Waals surface area contributed by atoms with Crippen LogP contribution in [0.15, 0.2) is 5.16 Å². The third-order valence-corrected chi connectivity index (χ3v) is 1.01. The summed E-state index contributed by atoms with van der Waals surface area (Å²) in [6.45, 7) is 1.66. The molecule has 0 atom stereocenters. The van der Waals surface area contributed by atoms with Crippen molar-refractivity contribution in [2.45, 2.75) is 19.8 Å². The Morgan fingerprint density at radius 2 is 2.25 bits per heavy atom. The van der Waals surface area contributed by atoms with Gasteiger partial charge in [-0.1, -0.05) is 5.16 Å². The van der Waals surface area contributed by atoms with E-state index in [1.54, 1.807) is 6.92 Å². The highest BCUT2D eigenvalue weighted by molar-refractivity contribution is 6.00. The molecule has 0 rings (SSSR count). The predicted octanol–water partition coefficient (Wildman–Crippen LogP) is 1.03. The summed E-state index contributed by atoms with van der Waals surface area (Å²) in [7, 11) is 0. The first kappa shape index (κ1) is 10.8. The third-order valence-electron chi connectivity index (χ3n) is 1.01. The molecule has 0 spiro atoms. The Morgan fingerprint density at radius 1 is 1.67 bits per heavy atom. The molecule has 4 nitrogen and oxygen atoms in total. The molecule has 0 aromatic heterocycles. The topological polar surface area (TPSA) is 58.9 Å². The molecule has 1 N–H and O–H groups in total. The van der Waals surface area contributed by atoms with Crippen molar-refractivity contribution in [3.05, 3.63) is 0 Å². The van der Waals surface area contributed by atoms with E-state index in [9.17, 15) is 13.6 Å². The zero-order valence-corrected chi connectivity index (χ0v) is 6.46. The number of esters is 1. The molecule has 0 bridgehead atoms. The molecule has 0 aromatic carbocycles. The molecule has 0 fully saturated rings. The minimum absolute atomic E-state index is 0.112. The molecule has 0 aromatic rings. The van der Waals surface area contributed by atoms with Crippen LogP contribution in [0.5, 0.6) is 0 Å². The molecule has 6 heteroatoms. The minimum Gasteiger partial charge on any atom is -0.466 e. The second kappa shape index (κ2) is 5.45. The van der Waals surface area contributed by atoms with Crippen LogP contribution in [0, 0.1) is 0 Å². The summed E-state index contributed by atoms with van der Waals surface area (Å²) < 4.78 is 28.0. The fourth-order valence-corrected chi connectivity index (χ4v) is 0.516. The van der Waals surface area contributed by atoms with Crippen molar-refractivity contribution in [2.24, 2.45) is 5.16 Å². The highest BCUT2D eigenvalue weighted by Gasteiger charge is 2.18. The van der Waals surface area contributed by atoms with Gasteiger partial charge in [-0.3, -0.25) is 4.79 Å². The molecule has 0 saturated carbocycles. The number of rotatable bonds is 4. The number of ether oxygens (including phenoxy) is 1. The van der Waals surface area contributed by atoms with E-state index in [-0.39, 0.29) is 6.61 Å². The van der Waals surface area contributed by atoms with Gasteiger partial charge < -0.3 is 9.94 Å². The van der Waals surface area contributed by atoms with E-state index in [1.165, 1.54) is 0 Å². The summed E-state index contributed by atoms with van der Waals surface area (Å²) in [5.74, 6) is -0.828. The van der Waals surface area contributed by atoms with Crippen molar-refractivity contribution in [1.82, 2.24) is 0 Å². The molecule has 0 heterocycles. The normalized spacial score (nSPS) is 11.8. The van der Waals surface area contributed by atoms with E-state index in [4.69, 9.17) is 5.21 Å². The molecule has 0 aliphatic heterocycles. The Morgan fingerprint density at radius 3 is 2.58 bits per heavy atom. The molecule has 0 aliphatic rings. The summed E-state index contributed by atoms with van der Waals surface area (Å²) >= 11 is 0. The van der Waals surface area contributed by atoms with Crippen LogP contribution in [-0.4, -0.2) is 29.9 Å². The lowest BCUT2D eigenvalue weighted by Crippen LogP contribution is -2.17. The number of alkyl halides is 2. The van der Waals surface area contributed by atoms with Gasteiger partial charge in [-0.15, -0.1) is 0 Å². The fourth-order valence-electron chi connectivity index (χ4n) is 0.516. The largest absolute Gasteiger partial charge is 0.466 e. The standard InChI is InChI=1S/C6H9F2NO3/c1-2-12-5(10)3-4(9-11)6(7)8/h6,11H,2-3H2,1H3. The maximum atomic E-state index is 11.8. The van der Waals surface area contributed by atoms with Gasteiger partial charge in [0.2, 0.25) is 0 Å². The van der Waals surface area contributed by atoms with Crippen LogP contribution in [-0.2, 0) is 9.53 Å². The molecule has 0 aliphatic carbocycles. The van der Waals surface area contributed by atoms with Crippen molar-refractivity contribution in [1.29, 1.82) is 0 Å². The van der Waals surface area contributed by atoms with Gasteiger partial charge in [0.15, 0.2) is 0 Å². The lowest BCUT2D eigenvalue weighted by Gasteiger charge is -2.02. The highest BCUT2D eigenvalue weighted by atomic mass is 19.3. The molecule has 0 amide bonds. The molecule has 0 unspecified atom stereocenters. The van der Waals surface area contributed by atoms with Crippen LogP contribution in [0.1, 0.15) is 13.3 Å². The van der Waals surface area contributed by atoms with Gasteiger partial charge in [0.05, 0.1) is 13.0 Å². The Balaban J connectivity index is 3.96. The number of hydrogen-bond donors (Lipinski definition) is 1. The van der Waals surface area contributed by atoms with Gasteiger partial charge in [0.25, 0.3) is 6.43 Å². The number of hydrogen-bond acceptors (Lipinski definition) is 4. The average Bonchev–Trinajstić information content (AvgIpc) is 2.00. The van der Waals surface area contributed by atoms with Gasteiger partial charge in [0.1, 0.15) is 5.71 Å². The van der Waals surface area contributed by atoms with Crippen LogP contribution in [0.3, 0.4) is 0 Å². The second-order valence-corrected chi connectivity index (χ2v) is 1.87. The van der Waals surface area contributed by atoms with Crippen molar-refractivity contribution in [3.8, 4) is 0 Å². The van der Waals surface area contributed by atoms with E-state index in [1.807, 2.05) is 0 Å². The molecule has 70 valence electrons. The van der Waals surface area contributed by atoms with Gasteiger partial charge in [-0.05, 0) is 6.92 Å². The summed E-state index contributed by atoms with van der Waals surface area (Å²) in [5, 5.41) is 10.3. The molecule has 12 heavy (non-hydrogen) atoms. The zero-order valence-electron chi connectivity index (χ0n) is 6.46. The first-order valence-corrected chi connectivity index (χ1v) is 3.26. The minimum atomic E-state index is -2.93. The fraction of sp³-hybridized carbons (Fsp3) is 0.667. The van der Waals surface area contributed by atoms with E-state index >= 15 is 0 Å². The predicted molar refractivity (Wildman–Crippen MR) is 36.5 cm³/mol. The van der Waals surface area contributed by atoms with E-state index in [0.717, 1.165) is 0 Å². The van der Waals surface area contributed by atoms with Crippen molar-refractivity contribution >= 4 is 11.7 Å². The average molecular weight is 181 g/mol. The first-order valence-electron chi connectivity index (χ1n) is 3.26. The number of carbonyl (C=O) groups is 1. The quantitative estimate of drug-likeness (QED) is 0.305. The highest BCUT2D eigenvalue weighted by Crippen LogP contribution is 2.01. The number of nitrogens with zero attached hydrogens (tertiary/aromatic N) is 1. The van der Waals surface area contributed by atoms with Crippen molar-refractivity contribution < 1.29 is 23.5 Å². The van der Waals surface area contributed by atoms with Crippen LogP contribution in [0.4, 0.5) is 8.78 Å². The molecular formula is C6H9F2NO3. The lowest BCUT2D eigenvalue weighted by molar-refractivity contribution is -0.141. The molecule has 0 radical (unpaired) electrons. The second-order valence-electron chi connectivity index (χ2n) is 1.87. The van der Waals surface area contributed by atoms with Crippen LogP contribution >= 0.6 is 0 Å². The number of carbonyl (C=O) groups excluding carboxylic acids is 1. The van der Waals surface area contributed by atoms with Crippen molar-refractivity contribution in [3.63, 3.8) is 0 Å².